The van der Waals surface area contributed by atoms with E-state index in [2.05, 4.69) is 20.7 Å². The van der Waals surface area contributed by atoms with Crippen molar-refractivity contribution < 1.29 is 9.21 Å². The van der Waals surface area contributed by atoms with Crippen LogP contribution in [0.25, 0.3) is 11.3 Å². The van der Waals surface area contributed by atoms with Gasteiger partial charge in [0.2, 0.25) is 0 Å². The fourth-order valence-corrected chi connectivity index (χ4v) is 2.07. The first kappa shape index (κ1) is 15.1. The average Bonchev–Trinajstić information content (AvgIpc) is 3.17. The number of carbonyl (C=O) groups excluding carboxylic acids is 1. The van der Waals surface area contributed by atoms with Crippen molar-refractivity contribution in [1.82, 2.24) is 15.6 Å². The number of aryl methyl sites for hydroxylation is 1. The number of aromatic amines is 1. The number of hydrazone groups is 1. The van der Waals surface area contributed by atoms with Crippen LogP contribution in [0.4, 0.5) is 0 Å². The molecular formula is C16H13ClN4O2. The monoisotopic (exact) mass is 328 g/mol. The minimum absolute atomic E-state index is 0.308. The number of rotatable bonds is 4. The van der Waals surface area contributed by atoms with E-state index < -0.39 is 5.91 Å². The van der Waals surface area contributed by atoms with Gasteiger partial charge in [-0.15, -0.1) is 0 Å². The van der Waals surface area contributed by atoms with Crippen LogP contribution in [0, 0.1) is 6.92 Å². The summed E-state index contributed by atoms with van der Waals surface area (Å²) in [4.78, 5) is 12.0. The first-order valence-electron chi connectivity index (χ1n) is 6.83. The fourth-order valence-electron chi connectivity index (χ4n) is 1.94. The summed E-state index contributed by atoms with van der Waals surface area (Å²) < 4.78 is 5.31. The number of amides is 1. The van der Waals surface area contributed by atoms with Crippen LogP contribution in [0.2, 0.25) is 5.02 Å². The van der Waals surface area contributed by atoms with Crippen molar-refractivity contribution in [2.45, 2.75) is 6.92 Å². The van der Waals surface area contributed by atoms with E-state index in [0.717, 1.165) is 11.3 Å². The molecule has 3 rings (SSSR count). The largest absolute Gasteiger partial charge is 0.460 e. The Morgan fingerprint density at radius 2 is 2.09 bits per heavy atom. The van der Waals surface area contributed by atoms with E-state index in [1.54, 1.807) is 24.3 Å². The second kappa shape index (κ2) is 6.50. The molecule has 2 heterocycles. The molecule has 0 aliphatic heterocycles. The number of H-pyrrole nitrogens is 1. The third-order valence-electron chi connectivity index (χ3n) is 3.08. The summed E-state index contributed by atoms with van der Waals surface area (Å²) in [7, 11) is 0. The second-order valence-electron chi connectivity index (χ2n) is 4.82. The van der Waals surface area contributed by atoms with E-state index in [-0.39, 0.29) is 0 Å². The maximum absolute atomic E-state index is 12.0. The van der Waals surface area contributed by atoms with Crippen LogP contribution in [0.1, 0.15) is 22.0 Å². The summed E-state index contributed by atoms with van der Waals surface area (Å²) in [5.74, 6) is 0.949. The lowest BCUT2D eigenvalue weighted by atomic mass is 10.1. The van der Waals surface area contributed by atoms with Crippen molar-refractivity contribution >= 4 is 23.7 Å². The zero-order chi connectivity index (χ0) is 16.2. The number of nitrogens with one attached hydrogen (secondary N) is 2. The lowest BCUT2D eigenvalue weighted by molar-refractivity contribution is 0.0950. The molecule has 0 aliphatic rings. The molecule has 7 heteroatoms. The number of carbonyl (C=O) groups is 1. The summed E-state index contributed by atoms with van der Waals surface area (Å²) >= 11 is 5.85. The van der Waals surface area contributed by atoms with Crippen LogP contribution >= 0.6 is 11.6 Å². The molecule has 2 N–H and O–H groups in total. The molecule has 2 aromatic heterocycles. The summed E-state index contributed by atoms with van der Waals surface area (Å²) in [5, 5.41) is 11.3. The Morgan fingerprint density at radius 3 is 2.78 bits per heavy atom. The van der Waals surface area contributed by atoms with E-state index in [9.17, 15) is 4.79 Å². The van der Waals surface area contributed by atoms with E-state index in [0.29, 0.717) is 22.2 Å². The molecule has 0 saturated heterocycles. The third-order valence-corrected chi connectivity index (χ3v) is 3.33. The predicted molar refractivity (Wildman–Crippen MR) is 87.5 cm³/mol. The molecule has 0 saturated carbocycles. The van der Waals surface area contributed by atoms with E-state index in [1.165, 1.54) is 6.21 Å². The SMILES string of the molecule is Cc1ccc(/C=N\NC(=O)c2cc(-c3ccc(Cl)cc3)n[nH]2)o1. The van der Waals surface area contributed by atoms with Gasteiger partial charge in [0.25, 0.3) is 5.91 Å². The van der Waals surface area contributed by atoms with Crippen LogP contribution < -0.4 is 5.43 Å². The highest BCUT2D eigenvalue weighted by molar-refractivity contribution is 6.30. The highest BCUT2D eigenvalue weighted by atomic mass is 35.5. The van der Waals surface area contributed by atoms with Gasteiger partial charge >= 0.3 is 0 Å². The first-order valence-corrected chi connectivity index (χ1v) is 7.21. The zero-order valence-corrected chi connectivity index (χ0v) is 13.0. The Balaban J connectivity index is 1.66. The fraction of sp³-hybridized carbons (Fsp3) is 0.0625. The second-order valence-corrected chi connectivity index (χ2v) is 5.26. The molecule has 3 aromatic rings. The van der Waals surface area contributed by atoms with Crippen molar-refractivity contribution in [1.29, 1.82) is 0 Å². The molecule has 1 amide bonds. The number of hydrogen-bond acceptors (Lipinski definition) is 4. The molecule has 0 spiro atoms. The van der Waals surface area contributed by atoms with Gasteiger partial charge in [0.05, 0.1) is 11.9 Å². The quantitative estimate of drug-likeness (QED) is 0.568. The summed E-state index contributed by atoms with van der Waals surface area (Å²) in [5.41, 5.74) is 4.23. The summed E-state index contributed by atoms with van der Waals surface area (Å²) in [6.45, 7) is 1.83. The smallest absolute Gasteiger partial charge is 0.289 e. The van der Waals surface area contributed by atoms with Crippen LogP contribution in [-0.2, 0) is 0 Å². The van der Waals surface area contributed by atoms with Crippen LogP contribution in [0.5, 0.6) is 0 Å². The van der Waals surface area contributed by atoms with Crippen molar-refractivity contribution in [3.8, 4) is 11.3 Å². The number of furan rings is 1. The van der Waals surface area contributed by atoms with Crippen molar-refractivity contribution in [2.24, 2.45) is 5.10 Å². The Hall–Kier alpha value is -2.86. The molecule has 0 atom stereocenters. The maximum Gasteiger partial charge on any atom is 0.289 e. The summed E-state index contributed by atoms with van der Waals surface area (Å²) in [6.07, 6.45) is 1.43. The Kier molecular flexibility index (Phi) is 4.25. The van der Waals surface area contributed by atoms with Gasteiger partial charge in [-0.3, -0.25) is 9.89 Å². The third kappa shape index (κ3) is 3.67. The van der Waals surface area contributed by atoms with Gasteiger partial charge in [0, 0.05) is 10.6 Å². The average molecular weight is 329 g/mol. The zero-order valence-electron chi connectivity index (χ0n) is 12.2. The van der Waals surface area contributed by atoms with E-state index >= 15 is 0 Å². The predicted octanol–water partition coefficient (Wildman–Crippen LogP) is 3.40. The number of halogens is 1. The normalized spacial score (nSPS) is 11.0. The van der Waals surface area contributed by atoms with E-state index in [4.69, 9.17) is 16.0 Å². The van der Waals surface area contributed by atoms with Gasteiger partial charge in [-0.1, -0.05) is 23.7 Å². The molecule has 23 heavy (non-hydrogen) atoms. The number of nitrogens with zero attached hydrogens (tertiary/aromatic N) is 2. The first-order chi connectivity index (χ1) is 11.1. The van der Waals surface area contributed by atoms with Crippen LogP contribution in [0.3, 0.4) is 0 Å². The maximum atomic E-state index is 12.0. The van der Waals surface area contributed by atoms with Gasteiger partial charge in [-0.05, 0) is 37.3 Å². The lowest BCUT2D eigenvalue weighted by Crippen LogP contribution is -2.17. The number of aromatic nitrogens is 2. The van der Waals surface area contributed by atoms with Gasteiger partial charge in [0.1, 0.15) is 17.2 Å². The molecule has 0 bridgehead atoms. The molecule has 0 aliphatic carbocycles. The topological polar surface area (TPSA) is 83.3 Å². The van der Waals surface area contributed by atoms with Gasteiger partial charge in [-0.25, -0.2) is 5.43 Å². The van der Waals surface area contributed by atoms with Gasteiger partial charge in [-0.2, -0.15) is 10.2 Å². The van der Waals surface area contributed by atoms with Crippen molar-refractivity contribution in [3.05, 3.63) is 64.7 Å². The van der Waals surface area contributed by atoms with Crippen molar-refractivity contribution in [3.63, 3.8) is 0 Å². The minimum Gasteiger partial charge on any atom is -0.460 e. The molecule has 1 aromatic carbocycles. The van der Waals surface area contributed by atoms with Gasteiger partial charge in [0.15, 0.2) is 0 Å². The minimum atomic E-state index is -0.391. The molecule has 6 nitrogen and oxygen atoms in total. The van der Waals surface area contributed by atoms with Gasteiger partial charge < -0.3 is 4.42 Å². The van der Waals surface area contributed by atoms with Crippen LogP contribution in [0.15, 0.2) is 52.0 Å². The van der Waals surface area contributed by atoms with Crippen LogP contribution in [-0.4, -0.2) is 22.3 Å². The molecule has 0 fully saturated rings. The molecule has 0 unspecified atom stereocenters. The van der Waals surface area contributed by atoms with E-state index in [1.807, 2.05) is 25.1 Å². The molecular weight excluding hydrogens is 316 g/mol. The molecule has 116 valence electrons. The standard InChI is InChI=1S/C16H13ClN4O2/c1-10-2-7-13(23-10)9-18-21-16(22)15-8-14(19-20-15)11-3-5-12(17)6-4-11/h2-9H,1H3,(H,19,20)(H,21,22)/b18-9-. The molecule has 0 radical (unpaired) electrons. The Morgan fingerprint density at radius 1 is 1.30 bits per heavy atom. The number of benzene rings is 1. The Labute approximate surface area is 137 Å². The highest BCUT2D eigenvalue weighted by Gasteiger charge is 2.10. The van der Waals surface area contributed by atoms with Crippen molar-refractivity contribution in [2.75, 3.05) is 0 Å². The summed E-state index contributed by atoms with van der Waals surface area (Å²) in [6, 6.07) is 12.4. The number of hydrogen-bond donors (Lipinski definition) is 2. The lowest BCUT2D eigenvalue weighted by Gasteiger charge is -1.95. The highest BCUT2D eigenvalue weighted by Crippen LogP contribution is 2.20. The Bertz CT molecular complexity index is 849.